The third-order valence-corrected chi connectivity index (χ3v) is 11.2. The minimum Gasteiger partial charge on any atom is -0.465 e. The van der Waals surface area contributed by atoms with E-state index in [4.69, 9.17) is 24.3 Å². The molecule has 0 spiro atoms. The van der Waals surface area contributed by atoms with Crippen LogP contribution in [-0.4, -0.2) is 78.8 Å². The first-order valence-electron chi connectivity index (χ1n) is 17.8. The summed E-state index contributed by atoms with van der Waals surface area (Å²) < 4.78 is 13.8. The molecule has 5 aromatic rings. The number of nitrogens with zero attached hydrogens (tertiary/aromatic N) is 9. The lowest BCUT2D eigenvalue weighted by Crippen LogP contribution is -2.38. The van der Waals surface area contributed by atoms with Gasteiger partial charge in [-0.2, -0.15) is 0 Å². The molecule has 258 valence electrons. The first-order valence-corrected chi connectivity index (χ1v) is 17.8. The zero-order valence-corrected chi connectivity index (χ0v) is 28.2. The zero-order chi connectivity index (χ0) is 33.8. The van der Waals surface area contributed by atoms with Crippen molar-refractivity contribution in [3.63, 3.8) is 0 Å². The Morgan fingerprint density at radius 3 is 2.76 bits per heavy atom. The Labute approximate surface area is 289 Å². The van der Waals surface area contributed by atoms with Crippen molar-refractivity contribution in [2.24, 2.45) is 11.8 Å². The summed E-state index contributed by atoms with van der Waals surface area (Å²) in [5.41, 5.74) is 4.96. The summed E-state index contributed by atoms with van der Waals surface area (Å²) in [6.07, 6.45) is 8.37. The highest BCUT2D eigenvalue weighted by Gasteiger charge is 2.68. The average molecular weight is 676 g/mol. The van der Waals surface area contributed by atoms with Gasteiger partial charge in [0, 0.05) is 57.0 Å². The van der Waals surface area contributed by atoms with E-state index in [0.29, 0.717) is 26.2 Å². The number of hydrogen-bond donors (Lipinski definition) is 1. The quantitative estimate of drug-likeness (QED) is 0.211. The van der Waals surface area contributed by atoms with Crippen LogP contribution in [0.25, 0.3) is 11.2 Å². The summed E-state index contributed by atoms with van der Waals surface area (Å²) in [5, 5.41) is 20.0. The van der Waals surface area contributed by atoms with Gasteiger partial charge in [0.05, 0.1) is 23.3 Å². The molecule has 1 aromatic carbocycles. The molecule has 4 aliphatic rings. The third-order valence-electron chi connectivity index (χ3n) is 11.2. The molecule has 9 rings (SSSR count). The Morgan fingerprint density at radius 2 is 1.96 bits per heavy atom. The van der Waals surface area contributed by atoms with Crippen LogP contribution in [0.2, 0.25) is 0 Å². The standard InChI is InChI=1S/C37H41N9O4/c1-24-19-30(42-50-24)37(23-44(36(47)48)21-25-9-3-2-4-10-25)26-14-17-43(22-27(26)37)31-20-39-33-34(40-31)46(32-13-5-6-18-49-32)41-35(33)45-16-8-11-28-29(45)12-7-15-38-28/h2-4,7,9-10,12,15,19-20,26-27,32H,5-6,8,11,13-14,16-18,21-23H2,1H3,(H,47,48). The maximum absolute atomic E-state index is 12.6. The molecular formula is C37H41N9O4. The van der Waals surface area contributed by atoms with E-state index in [9.17, 15) is 9.90 Å². The zero-order valence-electron chi connectivity index (χ0n) is 28.2. The highest BCUT2D eigenvalue weighted by atomic mass is 16.5. The van der Waals surface area contributed by atoms with Crippen LogP contribution in [0, 0.1) is 18.8 Å². The number of piperidine rings is 1. The molecule has 0 radical (unpaired) electrons. The number of benzene rings is 1. The minimum absolute atomic E-state index is 0.176. The maximum atomic E-state index is 12.6. The maximum Gasteiger partial charge on any atom is 0.407 e. The van der Waals surface area contributed by atoms with E-state index in [1.165, 1.54) is 4.90 Å². The fraction of sp³-hybridized carbons (Fsp3) is 0.459. The topological polar surface area (TPSA) is 139 Å². The summed E-state index contributed by atoms with van der Waals surface area (Å²) in [7, 11) is 0. The van der Waals surface area contributed by atoms with Crippen molar-refractivity contribution in [3.8, 4) is 0 Å². The van der Waals surface area contributed by atoms with E-state index < -0.39 is 11.5 Å². The van der Waals surface area contributed by atoms with Crippen LogP contribution in [0.4, 0.5) is 22.1 Å². The number of hydrogen-bond acceptors (Lipinski definition) is 10. The highest BCUT2D eigenvalue weighted by molar-refractivity contribution is 5.88. The number of ether oxygens (including phenoxy) is 1. The Hall–Kier alpha value is -5.04. The molecule has 1 N–H and O–H groups in total. The van der Waals surface area contributed by atoms with Gasteiger partial charge in [-0.15, -0.1) is 5.10 Å². The number of aryl methyl sites for hydroxylation is 2. The lowest BCUT2D eigenvalue weighted by atomic mass is 9.95. The van der Waals surface area contributed by atoms with Crippen LogP contribution in [0.5, 0.6) is 0 Å². The Bertz CT molecular complexity index is 2030. The number of anilines is 3. The van der Waals surface area contributed by atoms with Gasteiger partial charge in [0.2, 0.25) is 0 Å². The summed E-state index contributed by atoms with van der Waals surface area (Å²) in [5.74, 6) is 2.75. The van der Waals surface area contributed by atoms with Gasteiger partial charge in [0.15, 0.2) is 23.2 Å². The molecule has 2 saturated heterocycles. The molecule has 13 nitrogen and oxygen atoms in total. The average Bonchev–Trinajstić information content (AvgIpc) is 3.38. The van der Waals surface area contributed by atoms with E-state index in [1.54, 1.807) is 0 Å². The second-order valence-electron chi connectivity index (χ2n) is 14.1. The van der Waals surface area contributed by atoms with Crippen LogP contribution >= 0.6 is 0 Å². The SMILES string of the molecule is Cc1cc(C2(CN(Cc3ccccc3)C(=O)O)C3CCN(c4cnc5c(N6CCCc7ncccc76)nn(C6CCCCO6)c5n4)CC32)no1. The smallest absolute Gasteiger partial charge is 0.407 e. The molecule has 4 unspecified atom stereocenters. The number of fused-ring (bicyclic) bond motifs is 3. The number of carbonyl (C=O) groups is 1. The molecule has 7 heterocycles. The summed E-state index contributed by atoms with van der Waals surface area (Å²) in [4.78, 5) is 33.7. The van der Waals surface area contributed by atoms with Gasteiger partial charge in [-0.25, -0.2) is 19.4 Å². The fourth-order valence-electron chi connectivity index (χ4n) is 8.73. The molecular weight excluding hydrogens is 634 g/mol. The van der Waals surface area contributed by atoms with Crippen molar-refractivity contribution in [1.82, 2.24) is 34.8 Å². The van der Waals surface area contributed by atoms with Crippen molar-refractivity contribution >= 4 is 34.6 Å². The predicted molar refractivity (Wildman–Crippen MR) is 185 cm³/mol. The summed E-state index contributed by atoms with van der Waals surface area (Å²) in [6, 6.07) is 15.8. The van der Waals surface area contributed by atoms with Gasteiger partial charge in [-0.05, 0) is 75.0 Å². The van der Waals surface area contributed by atoms with Gasteiger partial charge < -0.3 is 29.1 Å². The van der Waals surface area contributed by atoms with Gasteiger partial charge in [-0.3, -0.25) is 4.98 Å². The van der Waals surface area contributed by atoms with Crippen molar-refractivity contribution in [2.45, 2.75) is 63.6 Å². The van der Waals surface area contributed by atoms with Gasteiger partial charge >= 0.3 is 6.09 Å². The van der Waals surface area contributed by atoms with Crippen LogP contribution in [0.3, 0.4) is 0 Å². The van der Waals surface area contributed by atoms with Gasteiger partial charge in [-0.1, -0.05) is 35.5 Å². The van der Waals surface area contributed by atoms with Gasteiger partial charge in [0.25, 0.3) is 0 Å². The molecule has 3 aliphatic heterocycles. The number of carboxylic acid groups (broad SMARTS) is 1. The van der Waals surface area contributed by atoms with E-state index in [0.717, 1.165) is 103 Å². The largest absolute Gasteiger partial charge is 0.465 e. The molecule has 3 fully saturated rings. The van der Waals surface area contributed by atoms with Crippen LogP contribution in [0.1, 0.15) is 61.0 Å². The number of amides is 1. The predicted octanol–water partition coefficient (Wildman–Crippen LogP) is 5.88. The van der Waals surface area contributed by atoms with Crippen molar-refractivity contribution < 1.29 is 19.2 Å². The Morgan fingerprint density at radius 1 is 1.06 bits per heavy atom. The van der Waals surface area contributed by atoms with Crippen LogP contribution in [0.15, 0.2) is 65.4 Å². The number of pyridine rings is 1. The summed E-state index contributed by atoms with van der Waals surface area (Å²) >= 11 is 0. The second kappa shape index (κ2) is 12.4. The molecule has 1 saturated carbocycles. The van der Waals surface area contributed by atoms with E-state index >= 15 is 0 Å². The van der Waals surface area contributed by atoms with Crippen LogP contribution < -0.4 is 9.80 Å². The lowest BCUT2D eigenvalue weighted by Gasteiger charge is -2.29. The summed E-state index contributed by atoms with van der Waals surface area (Å²) in [6.45, 7) is 5.56. The Kier molecular flexibility index (Phi) is 7.67. The van der Waals surface area contributed by atoms with Crippen molar-refractivity contribution in [1.29, 1.82) is 0 Å². The molecule has 4 atom stereocenters. The van der Waals surface area contributed by atoms with Gasteiger partial charge in [0.1, 0.15) is 11.6 Å². The molecule has 0 bridgehead atoms. The fourth-order valence-corrected chi connectivity index (χ4v) is 8.73. The molecule has 1 aliphatic carbocycles. The molecule has 1 amide bonds. The van der Waals surface area contributed by atoms with E-state index in [1.807, 2.05) is 66.5 Å². The first-order chi connectivity index (χ1) is 24.5. The van der Waals surface area contributed by atoms with E-state index in [-0.39, 0.29) is 18.1 Å². The lowest BCUT2D eigenvalue weighted by molar-refractivity contribution is -0.0368. The monoisotopic (exact) mass is 675 g/mol. The number of rotatable bonds is 8. The van der Waals surface area contributed by atoms with Crippen molar-refractivity contribution in [2.75, 3.05) is 42.6 Å². The molecule has 4 aromatic heterocycles. The molecule has 50 heavy (non-hydrogen) atoms. The first kappa shape index (κ1) is 31.0. The second-order valence-corrected chi connectivity index (χ2v) is 14.1. The minimum atomic E-state index is -0.939. The normalized spacial score (nSPS) is 24.5. The van der Waals surface area contributed by atoms with E-state index in [2.05, 4.69) is 26.0 Å². The Balaban J connectivity index is 1.05. The highest BCUT2D eigenvalue weighted by Crippen LogP contribution is 2.64. The third kappa shape index (κ3) is 5.26. The van der Waals surface area contributed by atoms with Crippen molar-refractivity contribution in [3.05, 3.63) is 83.6 Å². The van der Waals surface area contributed by atoms with Crippen LogP contribution in [-0.2, 0) is 23.1 Å². The molecule has 13 heteroatoms. The number of aromatic nitrogens is 6.